The van der Waals surface area contributed by atoms with E-state index in [0.717, 1.165) is 34.8 Å². The van der Waals surface area contributed by atoms with Crippen molar-refractivity contribution in [1.29, 1.82) is 0 Å². The van der Waals surface area contributed by atoms with Gasteiger partial charge in [0.05, 0.1) is 23.8 Å². The third-order valence-corrected chi connectivity index (χ3v) is 7.85. The molecule has 2 aromatic rings. The number of ether oxygens (including phenoxy) is 1. The second-order valence-electron chi connectivity index (χ2n) is 6.66. The standard InChI is InChI=1S/C19H23FN2O5S2/c1-2-3-15-4-7-17(8-5-15)28(23,24)21-16-6-9-18(20)19(14-16)29(25,26)22-10-12-27-13-11-22/h4-9,14,21H,2-3,10-13H2,1H3. The molecule has 2 aromatic carbocycles. The van der Waals surface area contributed by atoms with Gasteiger partial charge in [-0.15, -0.1) is 0 Å². The molecule has 10 heteroatoms. The molecule has 1 N–H and O–H groups in total. The Labute approximate surface area is 170 Å². The van der Waals surface area contributed by atoms with Crippen LogP contribution in [0.15, 0.2) is 52.3 Å². The molecule has 0 bridgehead atoms. The first kappa shape index (κ1) is 21.7. The average molecular weight is 443 g/mol. The molecule has 7 nitrogen and oxygen atoms in total. The number of hydrogen-bond donors (Lipinski definition) is 1. The SMILES string of the molecule is CCCc1ccc(S(=O)(=O)Nc2ccc(F)c(S(=O)(=O)N3CCOCC3)c2)cc1. The van der Waals surface area contributed by atoms with Gasteiger partial charge >= 0.3 is 0 Å². The van der Waals surface area contributed by atoms with Crippen LogP contribution in [0.5, 0.6) is 0 Å². The van der Waals surface area contributed by atoms with E-state index in [9.17, 15) is 21.2 Å². The zero-order valence-corrected chi connectivity index (χ0v) is 17.6. The summed E-state index contributed by atoms with van der Waals surface area (Å²) < 4.78 is 73.6. The van der Waals surface area contributed by atoms with Gasteiger partial charge in [0.2, 0.25) is 10.0 Å². The fourth-order valence-electron chi connectivity index (χ4n) is 3.03. The number of morpholine rings is 1. The van der Waals surface area contributed by atoms with E-state index >= 15 is 0 Å². The molecular weight excluding hydrogens is 419 g/mol. The van der Waals surface area contributed by atoms with Gasteiger partial charge in [0, 0.05) is 13.1 Å². The van der Waals surface area contributed by atoms with Crippen LogP contribution >= 0.6 is 0 Å². The van der Waals surface area contributed by atoms with Crippen LogP contribution in [0.4, 0.5) is 10.1 Å². The van der Waals surface area contributed by atoms with E-state index in [1.165, 1.54) is 18.2 Å². The number of hydrogen-bond acceptors (Lipinski definition) is 5. The predicted octanol–water partition coefficient (Wildman–Crippen LogP) is 2.60. The van der Waals surface area contributed by atoms with Gasteiger partial charge in [0.15, 0.2) is 0 Å². The summed E-state index contributed by atoms with van der Waals surface area (Å²) in [6.45, 7) is 2.70. The van der Waals surface area contributed by atoms with Gasteiger partial charge in [-0.25, -0.2) is 21.2 Å². The van der Waals surface area contributed by atoms with Crippen LogP contribution in [0.2, 0.25) is 0 Å². The Morgan fingerprint density at radius 1 is 1.03 bits per heavy atom. The van der Waals surface area contributed by atoms with E-state index in [2.05, 4.69) is 4.72 Å². The summed E-state index contributed by atoms with van der Waals surface area (Å²) in [6.07, 6.45) is 1.79. The molecule has 1 heterocycles. The fraction of sp³-hybridized carbons (Fsp3) is 0.368. The summed E-state index contributed by atoms with van der Waals surface area (Å²) in [4.78, 5) is -0.530. The Morgan fingerprint density at radius 3 is 2.31 bits per heavy atom. The molecule has 0 atom stereocenters. The molecule has 1 fully saturated rings. The van der Waals surface area contributed by atoms with Crippen molar-refractivity contribution in [2.45, 2.75) is 29.6 Å². The van der Waals surface area contributed by atoms with Crippen LogP contribution in [-0.4, -0.2) is 47.4 Å². The quantitative estimate of drug-likeness (QED) is 0.712. The molecule has 1 aliphatic heterocycles. The van der Waals surface area contributed by atoms with E-state index in [-0.39, 0.29) is 36.9 Å². The molecule has 0 spiro atoms. The molecule has 1 saturated heterocycles. The average Bonchev–Trinajstić information content (AvgIpc) is 2.70. The molecule has 0 unspecified atom stereocenters. The molecule has 0 amide bonds. The number of halogens is 1. The highest BCUT2D eigenvalue weighted by atomic mass is 32.2. The molecular formula is C19H23FN2O5S2. The lowest BCUT2D eigenvalue weighted by Crippen LogP contribution is -2.40. The van der Waals surface area contributed by atoms with Crippen LogP contribution in [0, 0.1) is 5.82 Å². The summed E-state index contributed by atoms with van der Waals surface area (Å²) in [5.41, 5.74) is 0.989. The smallest absolute Gasteiger partial charge is 0.261 e. The molecule has 3 rings (SSSR count). The number of anilines is 1. The minimum atomic E-state index is -4.10. The molecule has 158 valence electrons. The maximum absolute atomic E-state index is 14.3. The minimum absolute atomic E-state index is 0.0316. The van der Waals surface area contributed by atoms with Crippen LogP contribution in [-0.2, 0) is 31.2 Å². The Morgan fingerprint density at radius 2 is 1.69 bits per heavy atom. The van der Waals surface area contributed by atoms with Gasteiger partial charge in [-0.2, -0.15) is 4.31 Å². The molecule has 1 aliphatic rings. The van der Waals surface area contributed by atoms with Gasteiger partial charge < -0.3 is 4.74 Å². The lowest BCUT2D eigenvalue weighted by molar-refractivity contribution is 0.0729. The zero-order valence-electron chi connectivity index (χ0n) is 16.0. The zero-order chi connectivity index (χ0) is 21.1. The number of nitrogens with zero attached hydrogens (tertiary/aromatic N) is 1. The highest BCUT2D eigenvalue weighted by Gasteiger charge is 2.29. The maximum Gasteiger partial charge on any atom is 0.261 e. The maximum atomic E-state index is 14.3. The molecule has 0 radical (unpaired) electrons. The molecule has 0 aromatic heterocycles. The van der Waals surface area contributed by atoms with Crippen molar-refractivity contribution < 1.29 is 26.0 Å². The lowest BCUT2D eigenvalue weighted by atomic mass is 10.1. The van der Waals surface area contributed by atoms with Crippen molar-refractivity contribution in [3.05, 3.63) is 53.8 Å². The third kappa shape index (κ3) is 4.95. The highest BCUT2D eigenvalue weighted by Crippen LogP contribution is 2.25. The predicted molar refractivity (Wildman–Crippen MR) is 107 cm³/mol. The third-order valence-electron chi connectivity index (χ3n) is 4.54. The van der Waals surface area contributed by atoms with Crippen LogP contribution in [0.1, 0.15) is 18.9 Å². The Balaban J connectivity index is 1.87. The van der Waals surface area contributed by atoms with Crippen molar-refractivity contribution >= 4 is 25.7 Å². The molecule has 29 heavy (non-hydrogen) atoms. The summed E-state index contributed by atoms with van der Waals surface area (Å²) in [5, 5.41) is 0. The van der Waals surface area contributed by atoms with E-state index in [1.54, 1.807) is 12.1 Å². The second-order valence-corrected chi connectivity index (χ2v) is 10.2. The second kappa shape index (κ2) is 8.78. The number of sulfonamides is 2. The van der Waals surface area contributed by atoms with Crippen molar-refractivity contribution in [1.82, 2.24) is 4.31 Å². The van der Waals surface area contributed by atoms with Crippen LogP contribution in [0.3, 0.4) is 0 Å². The Hall–Kier alpha value is -2.01. The number of nitrogens with one attached hydrogen (secondary N) is 1. The first-order chi connectivity index (χ1) is 13.7. The monoisotopic (exact) mass is 442 g/mol. The normalized spacial score (nSPS) is 15.9. The van der Waals surface area contributed by atoms with Crippen LogP contribution in [0.25, 0.3) is 0 Å². The fourth-order valence-corrected chi connectivity index (χ4v) is 5.58. The van der Waals surface area contributed by atoms with Gasteiger partial charge in [0.1, 0.15) is 10.7 Å². The van der Waals surface area contributed by atoms with Crippen molar-refractivity contribution in [3.63, 3.8) is 0 Å². The first-order valence-corrected chi connectivity index (χ1v) is 12.2. The summed E-state index contributed by atoms with van der Waals surface area (Å²) in [5.74, 6) is -0.941. The molecule has 0 aliphatic carbocycles. The topological polar surface area (TPSA) is 92.8 Å². The first-order valence-electron chi connectivity index (χ1n) is 9.23. The van der Waals surface area contributed by atoms with Crippen molar-refractivity contribution in [2.75, 3.05) is 31.0 Å². The Kier molecular flexibility index (Phi) is 6.57. The van der Waals surface area contributed by atoms with Gasteiger partial charge in [-0.05, 0) is 42.3 Å². The van der Waals surface area contributed by atoms with E-state index < -0.39 is 30.8 Å². The largest absolute Gasteiger partial charge is 0.379 e. The Bertz CT molecular complexity index is 1060. The molecule has 0 saturated carbocycles. The lowest BCUT2D eigenvalue weighted by Gasteiger charge is -2.26. The number of rotatable bonds is 7. The van der Waals surface area contributed by atoms with E-state index in [1.807, 2.05) is 6.92 Å². The van der Waals surface area contributed by atoms with E-state index in [0.29, 0.717) is 0 Å². The summed E-state index contributed by atoms with van der Waals surface area (Å²) in [6, 6.07) is 9.58. The van der Waals surface area contributed by atoms with Gasteiger partial charge in [-0.3, -0.25) is 4.72 Å². The van der Waals surface area contributed by atoms with Gasteiger partial charge in [0.25, 0.3) is 10.0 Å². The van der Waals surface area contributed by atoms with Crippen molar-refractivity contribution in [3.8, 4) is 0 Å². The number of benzene rings is 2. The van der Waals surface area contributed by atoms with Gasteiger partial charge in [-0.1, -0.05) is 25.5 Å². The van der Waals surface area contributed by atoms with Crippen LogP contribution < -0.4 is 4.72 Å². The van der Waals surface area contributed by atoms with E-state index in [4.69, 9.17) is 4.74 Å². The minimum Gasteiger partial charge on any atom is -0.379 e. The van der Waals surface area contributed by atoms with Crippen molar-refractivity contribution in [2.24, 2.45) is 0 Å². The summed E-state index contributed by atoms with van der Waals surface area (Å²) in [7, 11) is -8.05. The highest BCUT2D eigenvalue weighted by molar-refractivity contribution is 7.92. The summed E-state index contributed by atoms with van der Waals surface area (Å²) >= 11 is 0. The number of aryl methyl sites for hydroxylation is 1.